The Morgan fingerprint density at radius 3 is 2.56 bits per heavy atom. The fraction of sp³-hybridized carbons (Fsp3) is 0.474. The first-order valence-corrected chi connectivity index (χ1v) is 10.1. The Bertz CT molecular complexity index is 823. The van der Waals surface area contributed by atoms with Crippen molar-refractivity contribution in [2.75, 3.05) is 5.75 Å². The van der Waals surface area contributed by atoms with Crippen LogP contribution in [0.4, 0.5) is 0 Å². The second-order valence-electron chi connectivity index (χ2n) is 6.89. The summed E-state index contributed by atoms with van der Waals surface area (Å²) in [6.07, 6.45) is 1.29. The van der Waals surface area contributed by atoms with E-state index in [0.29, 0.717) is 24.8 Å². The lowest BCUT2D eigenvalue weighted by Crippen LogP contribution is -2.34. The lowest BCUT2D eigenvalue weighted by molar-refractivity contribution is -0.148. The quantitative estimate of drug-likeness (QED) is 0.770. The molecule has 0 spiro atoms. The summed E-state index contributed by atoms with van der Waals surface area (Å²) >= 11 is 0. The van der Waals surface area contributed by atoms with E-state index in [-0.39, 0.29) is 40.3 Å². The van der Waals surface area contributed by atoms with Crippen LogP contribution < -0.4 is 0 Å². The number of Topliss-reactive ketones (excluding diaryl/α,β-unsaturated/α-hetero) is 1. The molecule has 0 amide bonds. The van der Waals surface area contributed by atoms with Crippen molar-refractivity contribution in [3.05, 3.63) is 41.5 Å². The fourth-order valence-electron chi connectivity index (χ4n) is 4.07. The zero-order valence-corrected chi connectivity index (χ0v) is 15.2. The van der Waals surface area contributed by atoms with Crippen molar-refractivity contribution in [3.63, 3.8) is 0 Å². The Labute approximate surface area is 148 Å². The molecule has 1 saturated carbocycles. The van der Waals surface area contributed by atoms with Gasteiger partial charge in [0.1, 0.15) is 6.10 Å². The molecule has 1 unspecified atom stereocenters. The van der Waals surface area contributed by atoms with Crippen LogP contribution in [-0.2, 0) is 24.2 Å². The second-order valence-corrected chi connectivity index (χ2v) is 8.88. The van der Waals surface area contributed by atoms with Crippen molar-refractivity contribution < 1.29 is 22.7 Å². The first-order chi connectivity index (χ1) is 11.8. The zero-order chi connectivity index (χ0) is 18.2. The lowest BCUT2D eigenvalue weighted by Gasteiger charge is -2.31. The molecular weight excluding hydrogens is 340 g/mol. The van der Waals surface area contributed by atoms with Crippen LogP contribution in [-0.4, -0.2) is 32.0 Å². The van der Waals surface area contributed by atoms with Crippen molar-refractivity contribution in [1.29, 1.82) is 0 Å². The standard InChI is InChI=1S/C19H22O5S/c1-12-10-17(21)16(11-25(22,23)14-6-4-3-5-7-14)15-8-9-18(19(12)15)24-13(2)20/h3-7,12,18-19H,8-11H2,1-2H3/t12-,18+,19?/m0/s1. The van der Waals surface area contributed by atoms with Gasteiger partial charge in [-0.1, -0.05) is 30.7 Å². The van der Waals surface area contributed by atoms with E-state index in [1.165, 1.54) is 6.92 Å². The summed E-state index contributed by atoms with van der Waals surface area (Å²) in [5.41, 5.74) is 1.27. The van der Waals surface area contributed by atoms with E-state index < -0.39 is 9.84 Å². The van der Waals surface area contributed by atoms with Crippen LogP contribution in [0, 0.1) is 11.8 Å². The number of carbonyl (C=O) groups excluding carboxylic acids is 2. The minimum absolute atomic E-state index is 0.0532. The van der Waals surface area contributed by atoms with Gasteiger partial charge in [0.25, 0.3) is 0 Å². The second kappa shape index (κ2) is 6.75. The maximum Gasteiger partial charge on any atom is 0.302 e. The maximum atomic E-state index is 12.7. The van der Waals surface area contributed by atoms with Gasteiger partial charge in [0.15, 0.2) is 15.6 Å². The molecule has 1 aromatic rings. The summed E-state index contributed by atoms with van der Waals surface area (Å²) in [6.45, 7) is 3.34. The number of ketones is 1. The topological polar surface area (TPSA) is 77.5 Å². The van der Waals surface area contributed by atoms with Gasteiger partial charge in [0.2, 0.25) is 0 Å². The SMILES string of the molecule is CC(=O)O[C@@H]1CCC2=C(CS(=O)(=O)c3ccccc3)C(=O)C[C@H](C)C21. The predicted octanol–water partition coefficient (Wildman–Crippen LogP) is 2.71. The van der Waals surface area contributed by atoms with E-state index in [4.69, 9.17) is 4.74 Å². The monoisotopic (exact) mass is 362 g/mol. The fourth-order valence-corrected chi connectivity index (χ4v) is 5.54. The highest BCUT2D eigenvalue weighted by Crippen LogP contribution is 2.45. The number of benzene rings is 1. The summed E-state index contributed by atoms with van der Waals surface area (Å²) in [4.78, 5) is 24.1. The summed E-state index contributed by atoms with van der Waals surface area (Å²) in [5.74, 6) is -0.711. The zero-order valence-electron chi connectivity index (χ0n) is 14.4. The Hall–Kier alpha value is -1.95. The molecule has 25 heavy (non-hydrogen) atoms. The molecule has 2 aliphatic carbocycles. The average molecular weight is 362 g/mol. The summed E-state index contributed by atoms with van der Waals surface area (Å²) in [6, 6.07) is 8.19. The van der Waals surface area contributed by atoms with Crippen molar-refractivity contribution in [2.24, 2.45) is 11.8 Å². The minimum Gasteiger partial charge on any atom is -0.462 e. The van der Waals surface area contributed by atoms with Crippen LogP contribution in [0.25, 0.3) is 0 Å². The highest BCUT2D eigenvalue weighted by molar-refractivity contribution is 7.91. The Morgan fingerprint density at radius 1 is 1.24 bits per heavy atom. The number of carbonyl (C=O) groups is 2. The number of hydrogen-bond acceptors (Lipinski definition) is 5. The smallest absolute Gasteiger partial charge is 0.302 e. The van der Waals surface area contributed by atoms with Gasteiger partial charge in [0.05, 0.1) is 10.6 Å². The molecule has 6 heteroatoms. The summed E-state index contributed by atoms with van der Waals surface area (Å²) in [7, 11) is -3.58. The molecule has 1 aromatic carbocycles. The highest BCUT2D eigenvalue weighted by atomic mass is 32.2. The lowest BCUT2D eigenvalue weighted by atomic mass is 9.76. The van der Waals surface area contributed by atoms with E-state index in [2.05, 4.69) is 0 Å². The molecular formula is C19H22O5S. The van der Waals surface area contributed by atoms with Gasteiger partial charge in [-0.3, -0.25) is 9.59 Å². The van der Waals surface area contributed by atoms with Crippen LogP contribution in [0.15, 0.2) is 46.4 Å². The number of fused-ring (bicyclic) bond motifs is 1. The van der Waals surface area contributed by atoms with Crippen LogP contribution in [0.5, 0.6) is 0 Å². The van der Waals surface area contributed by atoms with Crippen molar-refractivity contribution in [2.45, 2.75) is 44.1 Å². The first-order valence-electron chi connectivity index (χ1n) is 8.49. The maximum absolute atomic E-state index is 12.7. The largest absolute Gasteiger partial charge is 0.462 e. The summed E-state index contributed by atoms with van der Waals surface area (Å²) in [5, 5.41) is 0. The van der Waals surface area contributed by atoms with Gasteiger partial charge in [-0.2, -0.15) is 0 Å². The number of hydrogen-bond donors (Lipinski definition) is 0. The number of sulfone groups is 1. The molecule has 0 bridgehead atoms. The van der Waals surface area contributed by atoms with Crippen molar-refractivity contribution in [1.82, 2.24) is 0 Å². The number of ether oxygens (including phenoxy) is 1. The van der Waals surface area contributed by atoms with Crippen LogP contribution in [0.2, 0.25) is 0 Å². The van der Waals surface area contributed by atoms with Gasteiger partial charge in [0, 0.05) is 24.8 Å². The van der Waals surface area contributed by atoms with Crippen LogP contribution in [0.3, 0.4) is 0 Å². The molecule has 0 saturated heterocycles. The van der Waals surface area contributed by atoms with Gasteiger partial charge in [-0.25, -0.2) is 8.42 Å². The molecule has 0 aromatic heterocycles. The van der Waals surface area contributed by atoms with E-state index in [1.807, 2.05) is 6.92 Å². The Kier molecular flexibility index (Phi) is 4.82. The number of rotatable bonds is 4. The van der Waals surface area contributed by atoms with Crippen LogP contribution in [0.1, 0.15) is 33.1 Å². The summed E-state index contributed by atoms with van der Waals surface area (Å²) < 4.78 is 30.8. The predicted molar refractivity (Wildman–Crippen MR) is 92.6 cm³/mol. The Balaban J connectivity index is 1.95. The molecule has 1 fully saturated rings. The van der Waals surface area contributed by atoms with Gasteiger partial charge in [-0.15, -0.1) is 0 Å². The third kappa shape index (κ3) is 3.54. The van der Waals surface area contributed by atoms with E-state index >= 15 is 0 Å². The highest BCUT2D eigenvalue weighted by Gasteiger charge is 2.44. The molecule has 0 N–H and O–H groups in total. The van der Waals surface area contributed by atoms with Crippen molar-refractivity contribution >= 4 is 21.6 Å². The van der Waals surface area contributed by atoms with Gasteiger partial charge >= 0.3 is 5.97 Å². The minimum atomic E-state index is -3.58. The molecule has 0 heterocycles. The molecule has 0 radical (unpaired) electrons. The molecule has 3 atom stereocenters. The molecule has 5 nitrogen and oxygen atoms in total. The van der Waals surface area contributed by atoms with E-state index in [1.54, 1.807) is 30.3 Å². The third-order valence-corrected chi connectivity index (χ3v) is 6.76. The first kappa shape index (κ1) is 17.9. The van der Waals surface area contributed by atoms with Crippen LogP contribution >= 0.6 is 0 Å². The molecule has 2 aliphatic rings. The average Bonchev–Trinajstić information content (AvgIpc) is 2.95. The molecule has 134 valence electrons. The van der Waals surface area contributed by atoms with Crippen molar-refractivity contribution in [3.8, 4) is 0 Å². The molecule has 0 aliphatic heterocycles. The van der Waals surface area contributed by atoms with E-state index in [0.717, 1.165) is 5.57 Å². The molecule has 3 rings (SSSR count). The third-order valence-electron chi connectivity index (χ3n) is 5.10. The Morgan fingerprint density at radius 2 is 1.92 bits per heavy atom. The number of esters is 1. The van der Waals surface area contributed by atoms with E-state index in [9.17, 15) is 18.0 Å². The van der Waals surface area contributed by atoms with Gasteiger partial charge < -0.3 is 4.74 Å². The normalized spacial score (nSPS) is 26.5. The van der Waals surface area contributed by atoms with Gasteiger partial charge in [-0.05, 0) is 30.9 Å².